The van der Waals surface area contributed by atoms with Crippen molar-refractivity contribution in [2.75, 3.05) is 5.32 Å². The molecule has 2 aliphatic carbocycles. The number of nitrogens with zero attached hydrogens (tertiary/aromatic N) is 2. The van der Waals surface area contributed by atoms with Gasteiger partial charge in [-0.15, -0.1) is 0 Å². The molecule has 0 spiro atoms. The van der Waals surface area contributed by atoms with E-state index >= 15 is 0 Å². The largest absolute Gasteiger partial charge is 0.383 e. The minimum atomic E-state index is -1.06. The average Bonchev–Trinajstić information content (AvgIpc) is 3.33. The molecule has 160 valence electrons. The van der Waals surface area contributed by atoms with Gasteiger partial charge in [-0.1, -0.05) is 11.6 Å². The Morgan fingerprint density at radius 3 is 2.58 bits per heavy atom. The number of aromatic nitrogens is 2. The molecule has 2 aromatic heterocycles. The van der Waals surface area contributed by atoms with Crippen LogP contribution >= 0.6 is 11.6 Å². The molecule has 5 atom stereocenters. The highest BCUT2D eigenvalue weighted by Crippen LogP contribution is 2.53. The number of pyridine rings is 2. The fourth-order valence-corrected chi connectivity index (χ4v) is 5.65. The fourth-order valence-electron chi connectivity index (χ4n) is 5.53. The van der Waals surface area contributed by atoms with Crippen LogP contribution in [0.4, 0.5) is 10.2 Å². The van der Waals surface area contributed by atoms with Crippen molar-refractivity contribution in [1.82, 2.24) is 9.97 Å². The number of carbonyl (C=O) groups excluding carboxylic acids is 1. The van der Waals surface area contributed by atoms with Crippen LogP contribution in [0.1, 0.15) is 37.2 Å². The van der Waals surface area contributed by atoms with Crippen LogP contribution < -0.4 is 5.32 Å². The fraction of sp³-hybridized carbons (Fsp3) is 0.375. The van der Waals surface area contributed by atoms with E-state index < -0.39 is 12.0 Å². The van der Waals surface area contributed by atoms with Gasteiger partial charge < -0.3 is 10.4 Å². The third-order valence-corrected chi connectivity index (χ3v) is 7.15. The van der Waals surface area contributed by atoms with Gasteiger partial charge in [0.25, 0.3) is 5.91 Å². The summed E-state index contributed by atoms with van der Waals surface area (Å²) < 4.78 is 13.8. The number of hydrogen-bond acceptors (Lipinski definition) is 4. The summed E-state index contributed by atoms with van der Waals surface area (Å²) in [6.07, 6.45) is 5.82. The van der Waals surface area contributed by atoms with Crippen molar-refractivity contribution in [3.05, 3.63) is 65.2 Å². The van der Waals surface area contributed by atoms with E-state index in [1.54, 1.807) is 30.5 Å². The highest BCUT2D eigenvalue weighted by molar-refractivity contribution is 6.30. The molecule has 5 rings (SSSR count). The summed E-state index contributed by atoms with van der Waals surface area (Å²) in [7, 11) is 0. The van der Waals surface area contributed by atoms with E-state index in [9.17, 15) is 14.3 Å². The normalized spacial score (nSPS) is 26.0. The lowest BCUT2D eigenvalue weighted by atomic mass is 9.89. The standard InChI is InChI=1S/C24H23ClFN3O2/c25-17-1-4-22(28-12-17)29-24(31)23(30)16-9-13-7-15(8-14(13)10-16)19-5-6-27-21-3-2-18(26)11-20(19)21/h1-6,11-16,23,30H,7-10H2,(H,28,29,31)/t13-,14+,15?,16?,23?. The quantitative estimate of drug-likeness (QED) is 0.603. The van der Waals surface area contributed by atoms with Gasteiger partial charge in [-0.25, -0.2) is 9.37 Å². The Labute approximate surface area is 184 Å². The van der Waals surface area contributed by atoms with Gasteiger partial charge in [0.2, 0.25) is 0 Å². The number of amides is 1. The van der Waals surface area contributed by atoms with Gasteiger partial charge in [-0.2, -0.15) is 0 Å². The number of anilines is 1. The highest BCUT2D eigenvalue weighted by atomic mass is 35.5. The molecule has 7 heteroatoms. The van der Waals surface area contributed by atoms with Crippen LogP contribution in [0.25, 0.3) is 10.9 Å². The molecule has 0 bridgehead atoms. The van der Waals surface area contributed by atoms with E-state index in [0.29, 0.717) is 28.6 Å². The van der Waals surface area contributed by atoms with Gasteiger partial charge >= 0.3 is 0 Å². The number of rotatable bonds is 4. The van der Waals surface area contributed by atoms with Gasteiger partial charge in [0, 0.05) is 17.8 Å². The molecular formula is C24H23ClFN3O2. The van der Waals surface area contributed by atoms with E-state index in [-0.39, 0.29) is 11.7 Å². The molecule has 0 aliphatic heterocycles. The number of nitrogens with one attached hydrogen (secondary N) is 1. The van der Waals surface area contributed by atoms with Gasteiger partial charge in [0.1, 0.15) is 17.7 Å². The molecule has 2 saturated carbocycles. The van der Waals surface area contributed by atoms with Gasteiger partial charge in [-0.3, -0.25) is 9.78 Å². The zero-order chi connectivity index (χ0) is 21.5. The maximum absolute atomic E-state index is 13.8. The number of halogens is 2. The summed E-state index contributed by atoms with van der Waals surface area (Å²) in [6.45, 7) is 0. The zero-order valence-corrected chi connectivity index (χ0v) is 17.6. The Kier molecular flexibility index (Phi) is 5.36. The van der Waals surface area contributed by atoms with Crippen molar-refractivity contribution < 1.29 is 14.3 Å². The van der Waals surface area contributed by atoms with Gasteiger partial charge in [0.05, 0.1) is 10.5 Å². The molecule has 0 saturated heterocycles. The topological polar surface area (TPSA) is 75.1 Å². The third-order valence-electron chi connectivity index (χ3n) is 6.92. The van der Waals surface area contributed by atoms with E-state index in [1.165, 1.54) is 12.3 Å². The molecule has 0 radical (unpaired) electrons. The zero-order valence-electron chi connectivity index (χ0n) is 16.8. The minimum Gasteiger partial charge on any atom is -0.383 e. The van der Waals surface area contributed by atoms with Crippen molar-refractivity contribution in [2.24, 2.45) is 17.8 Å². The molecule has 3 unspecified atom stereocenters. The first-order chi connectivity index (χ1) is 15.0. The summed E-state index contributed by atoms with van der Waals surface area (Å²) in [5.74, 6) is 0.924. The van der Waals surface area contributed by atoms with E-state index in [1.807, 2.05) is 6.07 Å². The average molecular weight is 440 g/mol. The van der Waals surface area contributed by atoms with E-state index in [2.05, 4.69) is 15.3 Å². The number of aliphatic hydroxyl groups excluding tert-OH is 1. The Balaban J connectivity index is 1.24. The van der Waals surface area contributed by atoms with Crippen LogP contribution in [0, 0.1) is 23.6 Å². The predicted molar refractivity (Wildman–Crippen MR) is 117 cm³/mol. The van der Waals surface area contributed by atoms with Crippen LogP contribution in [0.15, 0.2) is 48.8 Å². The summed E-state index contributed by atoms with van der Waals surface area (Å²) >= 11 is 5.82. The number of fused-ring (bicyclic) bond motifs is 2. The molecule has 31 heavy (non-hydrogen) atoms. The molecule has 5 nitrogen and oxygen atoms in total. The highest BCUT2D eigenvalue weighted by Gasteiger charge is 2.45. The summed E-state index contributed by atoms with van der Waals surface area (Å²) in [5.41, 5.74) is 1.97. The lowest BCUT2D eigenvalue weighted by Gasteiger charge is -2.20. The second-order valence-electron chi connectivity index (χ2n) is 8.78. The number of carbonyl (C=O) groups is 1. The molecule has 2 N–H and O–H groups in total. The van der Waals surface area contributed by atoms with Crippen LogP contribution in [0.2, 0.25) is 5.02 Å². The Morgan fingerprint density at radius 2 is 1.87 bits per heavy atom. The molecule has 3 aromatic rings. The maximum Gasteiger partial charge on any atom is 0.254 e. The summed E-state index contributed by atoms with van der Waals surface area (Å²) in [6, 6.07) is 10.0. The third kappa shape index (κ3) is 4.02. The van der Waals surface area contributed by atoms with Crippen LogP contribution in [-0.4, -0.2) is 27.1 Å². The van der Waals surface area contributed by atoms with Crippen molar-refractivity contribution in [2.45, 2.75) is 37.7 Å². The van der Waals surface area contributed by atoms with Crippen molar-refractivity contribution in [1.29, 1.82) is 0 Å². The Bertz CT molecular complexity index is 1110. The molecule has 1 amide bonds. The second kappa shape index (κ2) is 8.17. The predicted octanol–water partition coefficient (Wildman–Crippen LogP) is 4.94. The van der Waals surface area contributed by atoms with E-state index in [4.69, 9.17) is 11.6 Å². The second-order valence-corrected chi connectivity index (χ2v) is 9.21. The monoisotopic (exact) mass is 439 g/mol. The van der Waals surface area contributed by atoms with Gasteiger partial charge in [0.15, 0.2) is 0 Å². The molecule has 1 aromatic carbocycles. The Morgan fingerprint density at radius 1 is 1.10 bits per heavy atom. The first-order valence-corrected chi connectivity index (χ1v) is 11.0. The summed E-state index contributed by atoms with van der Waals surface area (Å²) in [5, 5.41) is 14.7. The Hall–Kier alpha value is -2.57. The lowest BCUT2D eigenvalue weighted by molar-refractivity contribution is -0.126. The van der Waals surface area contributed by atoms with Crippen LogP contribution in [-0.2, 0) is 4.79 Å². The lowest BCUT2D eigenvalue weighted by Crippen LogP contribution is -2.34. The van der Waals surface area contributed by atoms with Crippen molar-refractivity contribution in [3.63, 3.8) is 0 Å². The number of aliphatic hydroxyl groups is 1. The number of benzene rings is 1. The first kappa shape index (κ1) is 20.3. The SMILES string of the molecule is O=C(Nc1ccc(Cl)cn1)C(O)C1C[C@H]2CC(c3ccnc4ccc(F)cc34)C[C@H]2C1. The molecule has 2 fully saturated rings. The molecule has 2 heterocycles. The van der Waals surface area contributed by atoms with Crippen LogP contribution in [0.5, 0.6) is 0 Å². The van der Waals surface area contributed by atoms with Crippen LogP contribution in [0.3, 0.4) is 0 Å². The van der Waals surface area contributed by atoms with Crippen molar-refractivity contribution >= 4 is 34.2 Å². The van der Waals surface area contributed by atoms with Crippen molar-refractivity contribution in [3.8, 4) is 0 Å². The maximum atomic E-state index is 13.8. The van der Waals surface area contributed by atoms with E-state index in [0.717, 1.165) is 42.1 Å². The van der Waals surface area contributed by atoms with Gasteiger partial charge in [-0.05, 0) is 91.3 Å². The molecular weight excluding hydrogens is 417 g/mol. The summed E-state index contributed by atoms with van der Waals surface area (Å²) in [4.78, 5) is 20.9. The number of hydrogen-bond donors (Lipinski definition) is 2. The first-order valence-electron chi connectivity index (χ1n) is 10.6. The smallest absolute Gasteiger partial charge is 0.254 e. The molecule has 2 aliphatic rings. The minimum absolute atomic E-state index is 0.0603.